The zero-order valence-electron chi connectivity index (χ0n) is 13.3. The van der Waals surface area contributed by atoms with Crippen LogP contribution in [0.5, 0.6) is 0 Å². The van der Waals surface area contributed by atoms with Crippen LogP contribution in [-0.2, 0) is 4.79 Å². The van der Waals surface area contributed by atoms with Crippen LogP contribution in [0.4, 0.5) is 0 Å². The number of hydrogen-bond acceptors (Lipinski definition) is 5. The van der Waals surface area contributed by atoms with Crippen LogP contribution in [0.2, 0.25) is 0 Å². The van der Waals surface area contributed by atoms with Crippen molar-refractivity contribution in [3.8, 4) is 0 Å². The summed E-state index contributed by atoms with van der Waals surface area (Å²) in [6.45, 7) is 1.40. The van der Waals surface area contributed by atoms with E-state index in [1.165, 1.54) is 16.7 Å². The third kappa shape index (κ3) is 4.63. The summed E-state index contributed by atoms with van der Waals surface area (Å²) in [5.41, 5.74) is 1.47. The van der Waals surface area contributed by atoms with Gasteiger partial charge in [0.1, 0.15) is 4.32 Å². The van der Waals surface area contributed by atoms with Crippen LogP contribution < -0.4 is 5.32 Å². The Bertz CT molecular complexity index is 654. The number of carbonyl (C=O) groups excluding carboxylic acids is 2. The summed E-state index contributed by atoms with van der Waals surface area (Å²) >= 11 is 6.38. The van der Waals surface area contributed by atoms with Gasteiger partial charge in [0, 0.05) is 25.7 Å². The molecule has 2 amide bonds. The number of carbonyl (C=O) groups is 2. The summed E-state index contributed by atoms with van der Waals surface area (Å²) < 4.78 is 0.554. The Morgan fingerprint density at radius 3 is 2.52 bits per heavy atom. The minimum atomic E-state index is -0.0988. The van der Waals surface area contributed by atoms with E-state index in [0.717, 1.165) is 12.1 Å². The standard InChI is InChI=1S/C16H19N3O2S2/c1-18(2)9-8-17-14(20)12-6-4-11(5-7-12)10-13-15(21)19(3)16(22)23-13/h4-7,10H,8-9H2,1-3H3,(H,17,20)/b13-10+. The van der Waals surface area contributed by atoms with Crippen LogP contribution in [-0.4, -0.2) is 60.2 Å². The highest BCUT2D eigenvalue weighted by Gasteiger charge is 2.28. The summed E-state index contributed by atoms with van der Waals surface area (Å²) in [5, 5.41) is 2.86. The molecule has 0 atom stereocenters. The van der Waals surface area contributed by atoms with Gasteiger partial charge in [0.15, 0.2) is 0 Å². The highest BCUT2D eigenvalue weighted by Crippen LogP contribution is 2.31. The van der Waals surface area contributed by atoms with Gasteiger partial charge in [-0.2, -0.15) is 0 Å². The maximum atomic E-state index is 12.0. The van der Waals surface area contributed by atoms with E-state index in [1.807, 2.05) is 31.1 Å². The number of nitrogens with zero attached hydrogens (tertiary/aromatic N) is 2. The number of rotatable bonds is 5. The molecule has 0 aromatic heterocycles. The topological polar surface area (TPSA) is 52.7 Å². The third-order valence-corrected chi connectivity index (χ3v) is 4.79. The molecule has 1 aromatic rings. The second-order valence-electron chi connectivity index (χ2n) is 5.42. The van der Waals surface area contributed by atoms with Crippen molar-refractivity contribution in [1.82, 2.24) is 15.1 Å². The fourth-order valence-corrected chi connectivity index (χ4v) is 3.10. The molecule has 1 saturated heterocycles. The molecule has 2 rings (SSSR count). The first-order chi connectivity index (χ1) is 10.9. The van der Waals surface area contributed by atoms with Crippen LogP contribution in [0.25, 0.3) is 6.08 Å². The van der Waals surface area contributed by atoms with Crippen molar-refractivity contribution in [2.75, 3.05) is 34.2 Å². The van der Waals surface area contributed by atoms with Gasteiger partial charge >= 0.3 is 0 Å². The molecule has 1 aromatic carbocycles. The summed E-state index contributed by atoms with van der Waals surface area (Å²) in [5.74, 6) is -0.191. The van der Waals surface area contributed by atoms with Crippen molar-refractivity contribution >= 4 is 46.2 Å². The van der Waals surface area contributed by atoms with Crippen LogP contribution in [0.3, 0.4) is 0 Å². The number of amides is 2. The first-order valence-corrected chi connectivity index (χ1v) is 8.35. The van der Waals surface area contributed by atoms with Crippen molar-refractivity contribution in [3.05, 3.63) is 40.3 Å². The van der Waals surface area contributed by atoms with Crippen molar-refractivity contribution < 1.29 is 9.59 Å². The van der Waals surface area contributed by atoms with Crippen LogP contribution in [0.15, 0.2) is 29.2 Å². The van der Waals surface area contributed by atoms with Crippen LogP contribution in [0.1, 0.15) is 15.9 Å². The van der Waals surface area contributed by atoms with Gasteiger partial charge in [-0.1, -0.05) is 36.1 Å². The number of thioether (sulfide) groups is 1. The molecule has 0 aliphatic carbocycles. The number of thiocarbonyl (C=S) groups is 1. The molecule has 23 heavy (non-hydrogen) atoms. The van der Waals surface area contributed by atoms with Gasteiger partial charge in [-0.05, 0) is 37.9 Å². The SMILES string of the molecule is CN(C)CCNC(=O)c1ccc(/C=C2/SC(=S)N(C)C2=O)cc1. The number of nitrogens with one attached hydrogen (secondary N) is 1. The molecule has 1 fully saturated rings. The van der Waals surface area contributed by atoms with Crippen LogP contribution in [0, 0.1) is 0 Å². The fourth-order valence-electron chi connectivity index (χ4n) is 1.92. The maximum absolute atomic E-state index is 12.0. The second kappa shape index (κ2) is 7.72. The normalized spacial score (nSPS) is 16.5. The monoisotopic (exact) mass is 349 g/mol. The first-order valence-electron chi connectivity index (χ1n) is 7.13. The van der Waals surface area contributed by atoms with E-state index in [9.17, 15) is 9.59 Å². The van der Waals surface area contributed by atoms with Crippen molar-refractivity contribution in [1.29, 1.82) is 0 Å². The number of hydrogen-bond donors (Lipinski definition) is 1. The van der Waals surface area contributed by atoms with Gasteiger partial charge in [-0.15, -0.1) is 0 Å². The lowest BCUT2D eigenvalue weighted by molar-refractivity contribution is -0.121. The van der Waals surface area contributed by atoms with Gasteiger partial charge in [0.2, 0.25) is 0 Å². The fraction of sp³-hybridized carbons (Fsp3) is 0.312. The predicted octanol–water partition coefficient (Wildman–Crippen LogP) is 1.81. The molecule has 1 heterocycles. The van der Waals surface area contributed by atoms with Crippen LogP contribution >= 0.6 is 24.0 Å². The van der Waals surface area contributed by atoms with Crippen molar-refractivity contribution in [2.45, 2.75) is 0 Å². The number of benzene rings is 1. The average Bonchev–Trinajstić information content (AvgIpc) is 2.75. The zero-order valence-corrected chi connectivity index (χ0v) is 15.0. The molecule has 1 aliphatic rings. The van der Waals surface area contributed by atoms with Crippen molar-refractivity contribution in [2.24, 2.45) is 0 Å². The molecule has 7 heteroatoms. The predicted molar refractivity (Wildman–Crippen MR) is 98.3 cm³/mol. The van der Waals surface area contributed by atoms with E-state index in [0.29, 0.717) is 21.3 Å². The molecular formula is C16H19N3O2S2. The quantitative estimate of drug-likeness (QED) is 0.649. The third-order valence-electron chi connectivity index (χ3n) is 3.30. The molecule has 1 aliphatic heterocycles. The minimum absolute atomic E-state index is 0.0921. The molecule has 0 bridgehead atoms. The summed E-state index contributed by atoms with van der Waals surface area (Å²) in [6, 6.07) is 7.15. The van der Waals surface area contributed by atoms with E-state index in [1.54, 1.807) is 25.3 Å². The Labute approximate surface area is 145 Å². The molecule has 122 valence electrons. The Balaban J connectivity index is 2.01. The molecular weight excluding hydrogens is 330 g/mol. The minimum Gasteiger partial charge on any atom is -0.351 e. The summed E-state index contributed by atoms with van der Waals surface area (Å²) in [7, 11) is 5.58. The van der Waals surface area contributed by atoms with E-state index >= 15 is 0 Å². The first kappa shape index (κ1) is 17.7. The number of likely N-dealkylation sites (N-methyl/N-ethyl adjacent to an activating group) is 2. The lowest BCUT2D eigenvalue weighted by Crippen LogP contribution is -2.31. The van der Waals surface area contributed by atoms with Gasteiger partial charge in [-0.3, -0.25) is 14.5 Å². The van der Waals surface area contributed by atoms with Gasteiger partial charge in [0.25, 0.3) is 11.8 Å². The Morgan fingerprint density at radius 1 is 1.35 bits per heavy atom. The molecule has 0 radical (unpaired) electrons. The lowest BCUT2D eigenvalue weighted by Gasteiger charge is -2.10. The van der Waals surface area contributed by atoms with Gasteiger partial charge in [-0.25, -0.2) is 0 Å². The van der Waals surface area contributed by atoms with E-state index in [2.05, 4.69) is 5.32 Å². The van der Waals surface area contributed by atoms with Gasteiger partial charge in [0.05, 0.1) is 4.91 Å². The highest BCUT2D eigenvalue weighted by atomic mass is 32.2. The summed E-state index contributed by atoms with van der Waals surface area (Å²) in [4.78, 5) is 28.0. The van der Waals surface area contributed by atoms with Gasteiger partial charge < -0.3 is 10.2 Å². The highest BCUT2D eigenvalue weighted by molar-refractivity contribution is 8.26. The Morgan fingerprint density at radius 2 is 2.00 bits per heavy atom. The maximum Gasteiger partial charge on any atom is 0.265 e. The Hall–Kier alpha value is -1.70. The lowest BCUT2D eigenvalue weighted by atomic mass is 10.1. The molecule has 0 saturated carbocycles. The Kier molecular flexibility index (Phi) is 5.92. The largest absolute Gasteiger partial charge is 0.351 e. The van der Waals surface area contributed by atoms with E-state index < -0.39 is 0 Å². The molecule has 1 N–H and O–H groups in total. The zero-order chi connectivity index (χ0) is 17.0. The molecule has 5 nitrogen and oxygen atoms in total. The average molecular weight is 349 g/mol. The summed E-state index contributed by atoms with van der Waals surface area (Å²) in [6.07, 6.45) is 1.79. The van der Waals surface area contributed by atoms with E-state index in [4.69, 9.17) is 12.2 Å². The molecule has 0 unspecified atom stereocenters. The van der Waals surface area contributed by atoms with E-state index in [-0.39, 0.29) is 11.8 Å². The van der Waals surface area contributed by atoms with Crippen molar-refractivity contribution in [3.63, 3.8) is 0 Å². The molecule has 0 spiro atoms. The second-order valence-corrected chi connectivity index (χ2v) is 7.10. The smallest absolute Gasteiger partial charge is 0.265 e.